The number of piperidine rings is 1. The molecule has 1 unspecified atom stereocenters. The van der Waals surface area contributed by atoms with Crippen molar-refractivity contribution in [2.75, 3.05) is 26.8 Å². The Labute approximate surface area is 128 Å². The van der Waals surface area contributed by atoms with Gasteiger partial charge in [0.05, 0.1) is 13.0 Å². The molecule has 1 aliphatic heterocycles. The molecule has 1 fully saturated rings. The van der Waals surface area contributed by atoms with Crippen LogP contribution in [0.1, 0.15) is 18.4 Å². The Kier molecular flexibility index (Phi) is 5.13. The van der Waals surface area contributed by atoms with Crippen molar-refractivity contribution in [1.82, 2.24) is 4.90 Å². The summed E-state index contributed by atoms with van der Waals surface area (Å²) >= 11 is 0. The number of amides is 1. The van der Waals surface area contributed by atoms with Gasteiger partial charge in [0, 0.05) is 20.2 Å². The highest BCUT2D eigenvalue weighted by atomic mass is 19.1. The van der Waals surface area contributed by atoms with Gasteiger partial charge in [-0.3, -0.25) is 9.59 Å². The molecule has 1 aromatic carbocycles. The van der Waals surface area contributed by atoms with Crippen LogP contribution in [0.5, 0.6) is 0 Å². The van der Waals surface area contributed by atoms with E-state index in [-0.39, 0.29) is 31.3 Å². The second kappa shape index (κ2) is 6.87. The van der Waals surface area contributed by atoms with Gasteiger partial charge in [0.1, 0.15) is 11.2 Å². The average molecular weight is 309 g/mol. The molecule has 0 aromatic heterocycles. The SMILES string of the molecule is COCC1(C(=O)O)CCCN(C(=O)Cc2cccc(F)c2)C1. The van der Waals surface area contributed by atoms with Crippen molar-refractivity contribution < 1.29 is 23.8 Å². The standard InChI is InChI=1S/C16H20FNO4/c1-22-11-16(15(20)21)6-3-7-18(10-16)14(19)9-12-4-2-5-13(17)8-12/h2,4-5,8H,3,6-7,9-11H2,1H3,(H,20,21). The smallest absolute Gasteiger partial charge is 0.313 e. The lowest BCUT2D eigenvalue weighted by Gasteiger charge is -2.39. The number of carboxylic acids is 1. The van der Waals surface area contributed by atoms with Crippen LogP contribution in [0.25, 0.3) is 0 Å². The van der Waals surface area contributed by atoms with Crippen LogP contribution in [-0.4, -0.2) is 48.7 Å². The zero-order valence-electron chi connectivity index (χ0n) is 12.5. The molecule has 1 amide bonds. The van der Waals surface area contributed by atoms with Crippen LogP contribution in [-0.2, 0) is 20.7 Å². The summed E-state index contributed by atoms with van der Waals surface area (Å²) in [7, 11) is 1.46. The maximum Gasteiger partial charge on any atom is 0.313 e. The number of halogens is 1. The van der Waals surface area contributed by atoms with E-state index in [9.17, 15) is 19.1 Å². The number of nitrogens with zero attached hydrogens (tertiary/aromatic N) is 1. The zero-order valence-corrected chi connectivity index (χ0v) is 12.5. The first kappa shape index (κ1) is 16.4. The van der Waals surface area contributed by atoms with Crippen molar-refractivity contribution >= 4 is 11.9 Å². The van der Waals surface area contributed by atoms with E-state index >= 15 is 0 Å². The summed E-state index contributed by atoms with van der Waals surface area (Å²) in [6.45, 7) is 0.725. The highest BCUT2D eigenvalue weighted by Gasteiger charge is 2.43. The summed E-state index contributed by atoms with van der Waals surface area (Å²) in [5, 5.41) is 9.48. The number of carbonyl (C=O) groups excluding carboxylic acids is 1. The molecule has 2 rings (SSSR count). The van der Waals surface area contributed by atoms with Gasteiger partial charge in [-0.15, -0.1) is 0 Å². The lowest BCUT2D eigenvalue weighted by atomic mass is 9.80. The van der Waals surface area contributed by atoms with Gasteiger partial charge in [0.25, 0.3) is 0 Å². The third-order valence-corrected chi connectivity index (χ3v) is 4.05. The first-order valence-corrected chi connectivity index (χ1v) is 7.21. The molecule has 1 N–H and O–H groups in total. The topological polar surface area (TPSA) is 66.8 Å². The first-order chi connectivity index (χ1) is 10.5. The number of methoxy groups -OCH3 is 1. The molecule has 5 nitrogen and oxygen atoms in total. The van der Waals surface area contributed by atoms with Gasteiger partial charge in [-0.05, 0) is 30.5 Å². The third kappa shape index (κ3) is 3.62. The van der Waals surface area contributed by atoms with Crippen molar-refractivity contribution in [3.05, 3.63) is 35.6 Å². The summed E-state index contributed by atoms with van der Waals surface area (Å²) in [6.07, 6.45) is 1.17. The predicted octanol–water partition coefficient (Wildman–Crippen LogP) is 1.71. The largest absolute Gasteiger partial charge is 0.481 e. The maximum absolute atomic E-state index is 13.2. The molecule has 120 valence electrons. The lowest BCUT2D eigenvalue weighted by molar-refractivity contribution is -0.159. The van der Waals surface area contributed by atoms with Crippen molar-refractivity contribution in [2.45, 2.75) is 19.3 Å². The second-order valence-electron chi connectivity index (χ2n) is 5.74. The molecule has 1 saturated heterocycles. The summed E-state index contributed by atoms with van der Waals surface area (Å²) in [5.74, 6) is -1.52. The quantitative estimate of drug-likeness (QED) is 0.899. The van der Waals surface area contributed by atoms with Crippen LogP contribution in [0.15, 0.2) is 24.3 Å². The van der Waals surface area contributed by atoms with Crippen LogP contribution >= 0.6 is 0 Å². The van der Waals surface area contributed by atoms with Gasteiger partial charge in [-0.25, -0.2) is 4.39 Å². The number of hydrogen-bond donors (Lipinski definition) is 1. The molecular formula is C16H20FNO4. The van der Waals surface area contributed by atoms with Gasteiger partial charge >= 0.3 is 5.97 Å². The fourth-order valence-corrected chi connectivity index (χ4v) is 2.91. The Morgan fingerprint density at radius 2 is 2.23 bits per heavy atom. The third-order valence-electron chi connectivity index (χ3n) is 4.05. The molecular weight excluding hydrogens is 289 g/mol. The van der Waals surface area contributed by atoms with E-state index < -0.39 is 11.4 Å². The summed E-state index contributed by atoms with van der Waals surface area (Å²) < 4.78 is 18.2. The Bertz CT molecular complexity index is 559. The van der Waals surface area contributed by atoms with Crippen molar-refractivity contribution in [1.29, 1.82) is 0 Å². The van der Waals surface area contributed by atoms with E-state index in [2.05, 4.69) is 0 Å². The fraction of sp³-hybridized carbons (Fsp3) is 0.500. The van der Waals surface area contributed by atoms with Crippen LogP contribution in [0.4, 0.5) is 4.39 Å². The van der Waals surface area contributed by atoms with Gasteiger partial charge in [0.15, 0.2) is 0 Å². The monoisotopic (exact) mass is 309 g/mol. The predicted molar refractivity (Wildman–Crippen MR) is 77.9 cm³/mol. The Morgan fingerprint density at radius 3 is 2.86 bits per heavy atom. The molecule has 0 spiro atoms. The van der Waals surface area contributed by atoms with E-state index in [0.29, 0.717) is 24.9 Å². The number of carbonyl (C=O) groups is 2. The van der Waals surface area contributed by atoms with Crippen molar-refractivity contribution in [3.63, 3.8) is 0 Å². The normalized spacial score (nSPS) is 21.6. The number of benzene rings is 1. The highest BCUT2D eigenvalue weighted by Crippen LogP contribution is 2.31. The zero-order chi connectivity index (χ0) is 16.2. The molecule has 1 aliphatic rings. The molecule has 1 aromatic rings. The van der Waals surface area contributed by atoms with E-state index in [0.717, 1.165) is 0 Å². The molecule has 0 radical (unpaired) electrons. The van der Waals surface area contributed by atoms with Crippen molar-refractivity contribution in [3.8, 4) is 0 Å². The molecule has 6 heteroatoms. The number of rotatable bonds is 5. The number of hydrogen-bond acceptors (Lipinski definition) is 3. The summed E-state index contributed by atoms with van der Waals surface area (Å²) in [6, 6.07) is 5.88. The van der Waals surface area contributed by atoms with Gasteiger partial charge in [-0.2, -0.15) is 0 Å². The molecule has 0 bridgehead atoms. The minimum absolute atomic E-state index is 0.0699. The van der Waals surface area contributed by atoms with Gasteiger partial charge in [-0.1, -0.05) is 12.1 Å². The molecule has 0 aliphatic carbocycles. The Morgan fingerprint density at radius 1 is 1.45 bits per heavy atom. The van der Waals surface area contributed by atoms with Gasteiger partial charge < -0.3 is 14.7 Å². The van der Waals surface area contributed by atoms with Crippen LogP contribution < -0.4 is 0 Å². The van der Waals surface area contributed by atoms with Crippen LogP contribution in [0.3, 0.4) is 0 Å². The number of aliphatic carboxylic acids is 1. The Balaban J connectivity index is 2.08. The lowest BCUT2D eigenvalue weighted by Crippen LogP contribution is -2.52. The van der Waals surface area contributed by atoms with Gasteiger partial charge in [0.2, 0.25) is 5.91 Å². The summed E-state index contributed by atoms with van der Waals surface area (Å²) in [4.78, 5) is 25.5. The van der Waals surface area contributed by atoms with E-state index in [1.54, 1.807) is 17.0 Å². The van der Waals surface area contributed by atoms with E-state index in [1.165, 1.54) is 19.2 Å². The molecule has 1 heterocycles. The molecule has 0 saturated carbocycles. The average Bonchev–Trinajstić information content (AvgIpc) is 2.47. The van der Waals surface area contributed by atoms with Crippen molar-refractivity contribution in [2.24, 2.45) is 5.41 Å². The minimum Gasteiger partial charge on any atom is -0.481 e. The number of carboxylic acid groups (broad SMARTS) is 1. The highest BCUT2D eigenvalue weighted by molar-refractivity contribution is 5.81. The minimum atomic E-state index is -1.05. The second-order valence-corrected chi connectivity index (χ2v) is 5.74. The van der Waals surface area contributed by atoms with E-state index in [4.69, 9.17) is 4.74 Å². The molecule has 22 heavy (non-hydrogen) atoms. The first-order valence-electron chi connectivity index (χ1n) is 7.21. The summed E-state index contributed by atoms with van der Waals surface area (Å²) in [5.41, 5.74) is -0.465. The Hall–Kier alpha value is -1.95. The number of ether oxygens (including phenoxy) is 1. The van der Waals surface area contributed by atoms with Crippen LogP contribution in [0.2, 0.25) is 0 Å². The fourth-order valence-electron chi connectivity index (χ4n) is 2.91. The van der Waals surface area contributed by atoms with Crippen LogP contribution in [0, 0.1) is 11.2 Å². The molecule has 1 atom stereocenters. The number of likely N-dealkylation sites (tertiary alicyclic amines) is 1. The maximum atomic E-state index is 13.2. The van der Waals surface area contributed by atoms with E-state index in [1.807, 2.05) is 0 Å².